The third kappa shape index (κ3) is 3.78. The van der Waals surface area contributed by atoms with Gasteiger partial charge < -0.3 is 10.1 Å². The van der Waals surface area contributed by atoms with Crippen LogP contribution in [0.1, 0.15) is 17.2 Å². The Balaban J connectivity index is 2.09. The SMILES string of the molecule is CNC(CSc1cccc(C)c1)c1ccccc1OC. The Morgan fingerprint density at radius 3 is 2.65 bits per heavy atom. The summed E-state index contributed by atoms with van der Waals surface area (Å²) in [5, 5.41) is 3.38. The van der Waals surface area contributed by atoms with Crippen LogP contribution < -0.4 is 10.1 Å². The number of methoxy groups -OCH3 is 1. The summed E-state index contributed by atoms with van der Waals surface area (Å²) in [6.07, 6.45) is 0. The second-order valence-electron chi connectivity index (χ2n) is 4.71. The summed E-state index contributed by atoms with van der Waals surface area (Å²) in [6.45, 7) is 2.12. The Kier molecular flexibility index (Phi) is 5.50. The molecule has 0 aliphatic heterocycles. The highest BCUT2D eigenvalue weighted by Crippen LogP contribution is 2.30. The molecule has 20 heavy (non-hydrogen) atoms. The van der Waals surface area contributed by atoms with E-state index in [9.17, 15) is 0 Å². The fraction of sp³-hybridized carbons (Fsp3) is 0.294. The first-order valence-electron chi connectivity index (χ1n) is 6.74. The molecule has 2 rings (SSSR count). The van der Waals surface area contributed by atoms with Gasteiger partial charge in [-0.15, -0.1) is 11.8 Å². The summed E-state index contributed by atoms with van der Waals surface area (Å²) in [6, 6.07) is 17.1. The second kappa shape index (κ2) is 7.36. The third-order valence-corrected chi connectivity index (χ3v) is 4.36. The molecular formula is C17H21NOS. The van der Waals surface area contributed by atoms with Crippen LogP contribution in [0.5, 0.6) is 5.75 Å². The predicted molar refractivity (Wildman–Crippen MR) is 86.7 cm³/mol. The van der Waals surface area contributed by atoms with Crippen LogP contribution in [0.15, 0.2) is 53.4 Å². The van der Waals surface area contributed by atoms with Crippen molar-refractivity contribution in [2.24, 2.45) is 0 Å². The molecule has 1 N–H and O–H groups in total. The molecule has 106 valence electrons. The molecule has 3 heteroatoms. The molecule has 0 heterocycles. The number of para-hydroxylation sites is 1. The van der Waals surface area contributed by atoms with Gasteiger partial charge in [0, 0.05) is 22.3 Å². The average Bonchev–Trinajstić information content (AvgIpc) is 2.48. The molecule has 0 aliphatic carbocycles. The topological polar surface area (TPSA) is 21.3 Å². The van der Waals surface area contributed by atoms with E-state index in [1.165, 1.54) is 16.0 Å². The molecular weight excluding hydrogens is 266 g/mol. The maximum absolute atomic E-state index is 5.45. The number of aryl methyl sites for hydroxylation is 1. The van der Waals surface area contributed by atoms with E-state index in [-0.39, 0.29) is 6.04 Å². The van der Waals surface area contributed by atoms with Crippen LogP contribution >= 0.6 is 11.8 Å². The van der Waals surface area contributed by atoms with E-state index in [2.05, 4.69) is 48.6 Å². The van der Waals surface area contributed by atoms with Crippen molar-refractivity contribution >= 4 is 11.8 Å². The van der Waals surface area contributed by atoms with E-state index in [0.717, 1.165) is 11.5 Å². The van der Waals surface area contributed by atoms with Gasteiger partial charge in [0.15, 0.2) is 0 Å². The van der Waals surface area contributed by atoms with Crippen molar-refractivity contribution in [2.75, 3.05) is 19.9 Å². The first-order valence-corrected chi connectivity index (χ1v) is 7.73. The minimum absolute atomic E-state index is 0.275. The summed E-state index contributed by atoms with van der Waals surface area (Å²) in [5.74, 6) is 1.91. The predicted octanol–water partition coefficient (Wildman–Crippen LogP) is 4.06. The van der Waals surface area contributed by atoms with Crippen LogP contribution in [-0.2, 0) is 0 Å². The van der Waals surface area contributed by atoms with E-state index in [1.807, 2.05) is 30.9 Å². The number of thioether (sulfide) groups is 1. The summed E-state index contributed by atoms with van der Waals surface area (Å²) in [5.41, 5.74) is 2.51. The molecule has 0 aromatic heterocycles. The standard InChI is InChI=1S/C17H21NOS/c1-13-7-6-8-14(11-13)20-12-16(18-2)15-9-4-5-10-17(15)19-3/h4-11,16,18H,12H2,1-3H3. The molecule has 0 saturated carbocycles. The van der Waals surface area contributed by atoms with Gasteiger partial charge in [-0.05, 0) is 32.2 Å². The Morgan fingerprint density at radius 2 is 1.95 bits per heavy atom. The number of hydrogen-bond donors (Lipinski definition) is 1. The number of hydrogen-bond acceptors (Lipinski definition) is 3. The number of benzene rings is 2. The zero-order chi connectivity index (χ0) is 14.4. The molecule has 1 atom stereocenters. The fourth-order valence-electron chi connectivity index (χ4n) is 2.17. The third-order valence-electron chi connectivity index (χ3n) is 3.27. The largest absolute Gasteiger partial charge is 0.496 e. The monoisotopic (exact) mass is 287 g/mol. The first kappa shape index (κ1) is 14.9. The lowest BCUT2D eigenvalue weighted by atomic mass is 10.1. The lowest BCUT2D eigenvalue weighted by Gasteiger charge is -2.19. The minimum atomic E-state index is 0.275. The first-order chi connectivity index (χ1) is 9.74. The van der Waals surface area contributed by atoms with Gasteiger partial charge in [0.25, 0.3) is 0 Å². The Bertz CT molecular complexity index is 556. The zero-order valence-electron chi connectivity index (χ0n) is 12.2. The molecule has 2 nitrogen and oxygen atoms in total. The van der Waals surface area contributed by atoms with E-state index >= 15 is 0 Å². The molecule has 0 amide bonds. The van der Waals surface area contributed by atoms with Gasteiger partial charge in [-0.25, -0.2) is 0 Å². The normalized spacial score (nSPS) is 12.2. The van der Waals surface area contributed by atoms with Crippen molar-refractivity contribution in [1.82, 2.24) is 5.32 Å². The number of ether oxygens (including phenoxy) is 1. The van der Waals surface area contributed by atoms with Gasteiger partial charge >= 0.3 is 0 Å². The van der Waals surface area contributed by atoms with Gasteiger partial charge in [-0.1, -0.05) is 35.9 Å². The van der Waals surface area contributed by atoms with Gasteiger partial charge in [0.05, 0.1) is 7.11 Å². The van der Waals surface area contributed by atoms with E-state index < -0.39 is 0 Å². The average molecular weight is 287 g/mol. The lowest BCUT2D eigenvalue weighted by molar-refractivity contribution is 0.404. The van der Waals surface area contributed by atoms with Gasteiger partial charge in [-0.3, -0.25) is 0 Å². The summed E-state index contributed by atoms with van der Waals surface area (Å²) >= 11 is 1.86. The summed E-state index contributed by atoms with van der Waals surface area (Å²) in [4.78, 5) is 1.31. The molecule has 1 unspecified atom stereocenters. The van der Waals surface area contributed by atoms with Crippen LogP contribution in [0.4, 0.5) is 0 Å². The van der Waals surface area contributed by atoms with Crippen molar-refractivity contribution in [3.05, 3.63) is 59.7 Å². The fourth-order valence-corrected chi connectivity index (χ4v) is 3.32. The molecule has 0 saturated heterocycles. The van der Waals surface area contributed by atoms with Gasteiger partial charge in [0.2, 0.25) is 0 Å². The highest BCUT2D eigenvalue weighted by Gasteiger charge is 2.14. The Hall–Kier alpha value is -1.45. The molecule has 0 spiro atoms. The molecule has 2 aromatic carbocycles. The number of nitrogens with one attached hydrogen (secondary N) is 1. The molecule has 2 aromatic rings. The maximum Gasteiger partial charge on any atom is 0.123 e. The van der Waals surface area contributed by atoms with E-state index in [0.29, 0.717) is 0 Å². The zero-order valence-corrected chi connectivity index (χ0v) is 13.0. The van der Waals surface area contributed by atoms with Crippen molar-refractivity contribution in [2.45, 2.75) is 17.9 Å². The molecule has 0 radical (unpaired) electrons. The van der Waals surface area contributed by atoms with Crippen LogP contribution in [0, 0.1) is 6.92 Å². The lowest BCUT2D eigenvalue weighted by Crippen LogP contribution is -2.19. The van der Waals surface area contributed by atoms with Gasteiger partial charge in [0.1, 0.15) is 5.75 Å². The van der Waals surface area contributed by atoms with Crippen molar-refractivity contribution in [3.8, 4) is 5.75 Å². The molecule has 0 bridgehead atoms. The van der Waals surface area contributed by atoms with Crippen LogP contribution in [-0.4, -0.2) is 19.9 Å². The molecule has 0 aliphatic rings. The summed E-state index contributed by atoms with van der Waals surface area (Å²) < 4.78 is 5.45. The highest BCUT2D eigenvalue weighted by molar-refractivity contribution is 7.99. The quantitative estimate of drug-likeness (QED) is 0.810. The van der Waals surface area contributed by atoms with Gasteiger partial charge in [-0.2, -0.15) is 0 Å². The van der Waals surface area contributed by atoms with Crippen LogP contribution in [0.25, 0.3) is 0 Å². The smallest absolute Gasteiger partial charge is 0.123 e. The Labute approximate surface area is 125 Å². The second-order valence-corrected chi connectivity index (χ2v) is 5.80. The molecule has 0 fully saturated rings. The van der Waals surface area contributed by atoms with E-state index in [4.69, 9.17) is 4.74 Å². The maximum atomic E-state index is 5.45. The van der Waals surface area contributed by atoms with E-state index in [1.54, 1.807) is 7.11 Å². The van der Waals surface area contributed by atoms with Crippen molar-refractivity contribution in [1.29, 1.82) is 0 Å². The highest BCUT2D eigenvalue weighted by atomic mass is 32.2. The number of rotatable bonds is 6. The minimum Gasteiger partial charge on any atom is -0.496 e. The van der Waals surface area contributed by atoms with Crippen molar-refractivity contribution in [3.63, 3.8) is 0 Å². The summed E-state index contributed by atoms with van der Waals surface area (Å²) in [7, 11) is 3.72. The Morgan fingerprint density at radius 1 is 1.15 bits per heavy atom. The van der Waals surface area contributed by atoms with Crippen LogP contribution in [0.2, 0.25) is 0 Å². The van der Waals surface area contributed by atoms with Crippen LogP contribution in [0.3, 0.4) is 0 Å². The van der Waals surface area contributed by atoms with Crippen molar-refractivity contribution < 1.29 is 4.74 Å².